The lowest BCUT2D eigenvalue weighted by atomic mass is 10.1. The first-order valence-electron chi connectivity index (χ1n) is 4.04. The molecule has 0 aliphatic carbocycles. The highest BCUT2D eigenvalue weighted by Gasteiger charge is 2.00. The second-order valence-electron chi connectivity index (χ2n) is 2.67. The third-order valence-electron chi connectivity index (χ3n) is 1.77. The molecule has 13 heavy (non-hydrogen) atoms. The zero-order valence-corrected chi connectivity index (χ0v) is 9.10. The van der Waals surface area contributed by atoms with Gasteiger partial charge < -0.3 is 4.74 Å². The number of ether oxygens (including phenoxy) is 1. The molecule has 0 heterocycles. The van der Waals surface area contributed by atoms with Crippen molar-refractivity contribution in [2.24, 2.45) is 5.84 Å². The van der Waals surface area contributed by atoms with Crippen LogP contribution in [-0.4, -0.2) is 13.7 Å². The highest BCUT2D eigenvalue weighted by atomic mass is 79.9. The molecule has 0 aromatic heterocycles. The SMILES string of the molecule is COc1ccc(CCNN)cc1Br. The van der Waals surface area contributed by atoms with Gasteiger partial charge in [-0.15, -0.1) is 0 Å². The van der Waals surface area contributed by atoms with Crippen LogP contribution in [-0.2, 0) is 6.42 Å². The van der Waals surface area contributed by atoms with Gasteiger partial charge in [0.15, 0.2) is 0 Å². The molecule has 0 aliphatic rings. The molecule has 0 aliphatic heterocycles. The second kappa shape index (κ2) is 5.21. The van der Waals surface area contributed by atoms with E-state index >= 15 is 0 Å². The van der Waals surface area contributed by atoms with Gasteiger partial charge in [-0.3, -0.25) is 11.3 Å². The maximum atomic E-state index is 5.18. The van der Waals surface area contributed by atoms with E-state index in [9.17, 15) is 0 Å². The van der Waals surface area contributed by atoms with Crippen LogP contribution in [0.15, 0.2) is 22.7 Å². The number of methoxy groups -OCH3 is 1. The maximum Gasteiger partial charge on any atom is 0.133 e. The van der Waals surface area contributed by atoms with Crippen molar-refractivity contribution in [3.8, 4) is 5.75 Å². The Bertz CT molecular complexity index is 278. The van der Waals surface area contributed by atoms with Crippen molar-refractivity contribution in [3.63, 3.8) is 0 Å². The van der Waals surface area contributed by atoms with Gasteiger partial charge in [-0.05, 0) is 40.0 Å². The zero-order chi connectivity index (χ0) is 9.68. The quantitative estimate of drug-likeness (QED) is 0.623. The van der Waals surface area contributed by atoms with Crippen molar-refractivity contribution in [2.75, 3.05) is 13.7 Å². The molecule has 1 aromatic rings. The van der Waals surface area contributed by atoms with Gasteiger partial charge in [-0.2, -0.15) is 0 Å². The summed E-state index contributed by atoms with van der Waals surface area (Å²) in [6.07, 6.45) is 0.916. The van der Waals surface area contributed by atoms with Crippen molar-refractivity contribution in [1.82, 2.24) is 5.43 Å². The van der Waals surface area contributed by atoms with Gasteiger partial charge in [0, 0.05) is 6.54 Å². The summed E-state index contributed by atoms with van der Waals surface area (Å²) in [7, 11) is 1.65. The van der Waals surface area contributed by atoms with Gasteiger partial charge in [0.2, 0.25) is 0 Å². The Morgan fingerprint density at radius 1 is 1.54 bits per heavy atom. The van der Waals surface area contributed by atoms with Crippen LogP contribution in [0.3, 0.4) is 0 Å². The smallest absolute Gasteiger partial charge is 0.133 e. The summed E-state index contributed by atoms with van der Waals surface area (Å²) in [6.45, 7) is 0.777. The van der Waals surface area contributed by atoms with Crippen LogP contribution in [0.4, 0.5) is 0 Å². The van der Waals surface area contributed by atoms with Crippen molar-refractivity contribution in [3.05, 3.63) is 28.2 Å². The van der Waals surface area contributed by atoms with Crippen LogP contribution in [0, 0.1) is 0 Å². The Morgan fingerprint density at radius 3 is 2.85 bits per heavy atom. The highest BCUT2D eigenvalue weighted by Crippen LogP contribution is 2.25. The van der Waals surface area contributed by atoms with Crippen LogP contribution in [0.25, 0.3) is 0 Å². The molecule has 0 saturated heterocycles. The fourth-order valence-electron chi connectivity index (χ4n) is 1.08. The Balaban J connectivity index is 2.71. The fraction of sp³-hybridized carbons (Fsp3) is 0.333. The molecule has 0 atom stereocenters. The number of halogens is 1. The molecule has 0 radical (unpaired) electrons. The first kappa shape index (κ1) is 10.5. The van der Waals surface area contributed by atoms with Crippen LogP contribution in [0.2, 0.25) is 0 Å². The normalized spacial score (nSPS) is 10.1. The molecule has 3 nitrogen and oxygen atoms in total. The molecule has 1 rings (SSSR count). The fourth-order valence-corrected chi connectivity index (χ4v) is 1.67. The molecule has 4 heteroatoms. The molecule has 72 valence electrons. The van der Waals surface area contributed by atoms with Crippen LogP contribution >= 0.6 is 15.9 Å². The first-order chi connectivity index (χ1) is 6.27. The van der Waals surface area contributed by atoms with E-state index in [2.05, 4.69) is 21.4 Å². The van der Waals surface area contributed by atoms with E-state index in [-0.39, 0.29) is 0 Å². The van der Waals surface area contributed by atoms with Crippen molar-refractivity contribution in [2.45, 2.75) is 6.42 Å². The van der Waals surface area contributed by atoms with Crippen LogP contribution in [0.1, 0.15) is 5.56 Å². The van der Waals surface area contributed by atoms with Gasteiger partial charge in [0.05, 0.1) is 11.6 Å². The standard InChI is InChI=1S/C9H13BrN2O/c1-13-9-3-2-7(4-5-12-11)6-8(9)10/h2-3,6,12H,4-5,11H2,1H3. The molecule has 0 bridgehead atoms. The molecular formula is C9H13BrN2O. The number of hydrogen-bond acceptors (Lipinski definition) is 3. The molecule has 3 N–H and O–H groups in total. The van der Waals surface area contributed by atoms with E-state index in [1.54, 1.807) is 7.11 Å². The van der Waals surface area contributed by atoms with Gasteiger partial charge >= 0.3 is 0 Å². The second-order valence-corrected chi connectivity index (χ2v) is 3.53. The zero-order valence-electron chi connectivity index (χ0n) is 7.51. The summed E-state index contributed by atoms with van der Waals surface area (Å²) >= 11 is 3.42. The summed E-state index contributed by atoms with van der Waals surface area (Å²) in [6, 6.07) is 6.01. The van der Waals surface area contributed by atoms with Crippen molar-refractivity contribution in [1.29, 1.82) is 0 Å². The summed E-state index contributed by atoms with van der Waals surface area (Å²) in [5, 5.41) is 0. The Labute approximate surface area is 86.4 Å². The third-order valence-corrected chi connectivity index (χ3v) is 2.39. The lowest BCUT2D eigenvalue weighted by molar-refractivity contribution is 0.412. The highest BCUT2D eigenvalue weighted by molar-refractivity contribution is 9.10. The largest absolute Gasteiger partial charge is 0.496 e. The van der Waals surface area contributed by atoms with Crippen molar-refractivity contribution < 1.29 is 4.74 Å². The summed E-state index contributed by atoms with van der Waals surface area (Å²) in [5.74, 6) is 6.04. The van der Waals surface area contributed by atoms with Crippen LogP contribution < -0.4 is 16.0 Å². The lowest BCUT2D eigenvalue weighted by Gasteiger charge is -2.05. The molecule has 0 amide bonds. The number of rotatable bonds is 4. The molecule has 0 unspecified atom stereocenters. The number of hydrogen-bond donors (Lipinski definition) is 2. The molecular weight excluding hydrogens is 232 g/mol. The number of benzene rings is 1. The topological polar surface area (TPSA) is 47.3 Å². The first-order valence-corrected chi connectivity index (χ1v) is 4.83. The third kappa shape index (κ3) is 2.99. The predicted octanol–water partition coefficient (Wildman–Crippen LogP) is 1.46. The average molecular weight is 245 g/mol. The van der Waals surface area contributed by atoms with Gasteiger partial charge in [-0.25, -0.2) is 0 Å². The van der Waals surface area contributed by atoms with Crippen LogP contribution in [0.5, 0.6) is 5.75 Å². The summed E-state index contributed by atoms with van der Waals surface area (Å²) in [5.41, 5.74) is 3.85. The van der Waals surface area contributed by atoms with Crippen molar-refractivity contribution >= 4 is 15.9 Å². The van der Waals surface area contributed by atoms with Gasteiger partial charge in [0.1, 0.15) is 5.75 Å². The Hall–Kier alpha value is -0.580. The van der Waals surface area contributed by atoms with E-state index in [4.69, 9.17) is 10.6 Å². The van der Waals surface area contributed by atoms with E-state index in [0.717, 1.165) is 23.2 Å². The molecule has 0 spiro atoms. The van der Waals surface area contributed by atoms with Gasteiger partial charge in [0.25, 0.3) is 0 Å². The lowest BCUT2D eigenvalue weighted by Crippen LogP contribution is -2.24. The van der Waals surface area contributed by atoms with E-state index in [1.165, 1.54) is 5.56 Å². The molecule has 1 aromatic carbocycles. The van der Waals surface area contributed by atoms with E-state index in [0.29, 0.717) is 0 Å². The average Bonchev–Trinajstić information content (AvgIpc) is 2.15. The predicted molar refractivity (Wildman–Crippen MR) is 56.6 cm³/mol. The molecule has 0 fully saturated rings. The van der Waals surface area contributed by atoms with E-state index < -0.39 is 0 Å². The Kier molecular flexibility index (Phi) is 4.21. The van der Waals surface area contributed by atoms with Gasteiger partial charge in [-0.1, -0.05) is 6.07 Å². The van der Waals surface area contributed by atoms with E-state index in [1.807, 2.05) is 18.2 Å². The number of hydrazine groups is 1. The summed E-state index contributed by atoms with van der Waals surface area (Å²) < 4.78 is 6.09. The maximum absolute atomic E-state index is 5.18. The Morgan fingerprint density at radius 2 is 2.31 bits per heavy atom. The minimum Gasteiger partial charge on any atom is -0.496 e. The number of nitrogens with two attached hydrogens (primary N) is 1. The number of nitrogens with one attached hydrogen (secondary N) is 1. The molecule has 0 saturated carbocycles. The monoisotopic (exact) mass is 244 g/mol. The summed E-state index contributed by atoms with van der Waals surface area (Å²) in [4.78, 5) is 0. The minimum absolute atomic E-state index is 0.777. The minimum atomic E-state index is 0.777.